The van der Waals surface area contributed by atoms with Crippen LogP contribution in [0, 0.1) is 17.0 Å². The van der Waals surface area contributed by atoms with Crippen molar-refractivity contribution in [3.05, 3.63) is 44.2 Å². The molecule has 0 saturated carbocycles. The first kappa shape index (κ1) is 15.2. The van der Waals surface area contributed by atoms with E-state index in [-0.39, 0.29) is 12.4 Å². The van der Waals surface area contributed by atoms with Gasteiger partial charge in [0, 0.05) is 17.0 Å². The van der Waals surface area contributed by atoms with Crippen LogP contribution in [0.4, 0.5) is 11.6 Å². The Morgan fingerprint density at radius 1 is 1.48 bits per heavy atom. The summed E-state index contributed by atoms with van der Waals surface area (Å²) in [5.41, 5.74) is 0.349. The van der Waals surface area contributed by atoms with Crippen LogP contribution in [-0.4, -0.2) is 25.6 Å². The van der Waals surface area contributed by atoms with E-state index in [4.69, 9.17) is 23.2 Å². The van der Waals surface area contributed by atoms with Crippen LogP contribution in [0.25, 0.3) is 0 Å². The smallest absolute Gasteiger partial charge is 0.390 e. The van der Waals surface area contributed by atoms with Gasteiger partial charge in [-0.15, -0.1) is 0 Å². The molecule has 0 radical (unpaired) electrons. The van der Waals surface area contributed by atoms with Crippen LogP contribution in [-0.2, 0) is 11.3 Å². The molecule has 2 rings (SSSR count). The van der Waals surface area contributed by atoms with Gasteiger partial charge in [0.15, 0.2) is 0 Å². The van der Waals surface area contributed by atoms with Gasteiger partial charge in [0.05, 0.1) is 10.7 Å². The Hall–Kier alpha value is -2.19. The number of aryl methyl sites for hydroxylation is 1. The molecular formula is C11H9Cl2N5O3. The second-order valence-electron chi connectivity index (χ2n) is 4.05. The van der Waals surface area contributed by atoms with Gasteiger partial charge < -0.3 is 15.4 Å². The molecule has 0 unspecified atom stereocenters. The third kappa shape index (κ3) is 3.67. The fourth-order valence-corrected chi connectivity index (χ4v) is 1.89. The highest BCUT2D eigenvalue weighted by Gasteiger charge is 2.20. The van der Waals surface area contributed by atoms with Crippen molar-refractivity contribution >= 4 is 40.7 Å². The van der Waals surface area contributed by atoms with Crippen molar-refractivity contribution < 1.29 is 9.72 Å². The van der Waals surface area contributed by atoms with Crippen molar-refractivity contribution in [3.8, 4) is 0 Å². The van der Waals surface area contributed by atoms with Crippen molar-refractivity contribution in [2.24, 2.45) is 0 Å². The molecule has 0 fully saturated rings. The van der Waals surface area contributed by atoms with E-state index < -0.39 is 16.8 Å². The van der Waals surface area contributed by atoms with Crippen LogP contribution in [0.3, 0.4) is 0 Å². The Kier molecular flexibility index (Phi) is 4.39. The molecule has 0 spiro atoms. The average Bonchev–Trinajstić information content (AvgIpc) is 2.75. The molecule has 1 heterocycles. The van der Waals surface area contributed by atoms with Crippen molar-refractivity contribution in [3.63, 3.8) is 0 Å². The molecule has 10 heteroatoms. The summed E-state index contributed by atoms with van der Waals surface area (Å²) < 4.78 is 1.13. The summed E-state index contributed by atoms with van der Waals surface area (Å²) in [6.45, 7) is 1.29. The Bertz CT molecular complexity index is 716. The van der Waals surface area contributed by atoms with Crippen LogP contribution in [0.5, 0.6) is 0 Å². The zero-order valence-electron chi connectivity index (χ0n) is 10.7. The van der Waals surface area contributed by atoms with Crippen LogP contribution < -0.4 is 5.32 Å². The maximum absolute atomic E-state index is 11.9. The summed E-state index contributed by atoms with van der Waals surface area (Å²) in [7, 11) is 0. The fourth-order valence-electron chi connectivity index (χ4n) is 1.55. The van der Waals surface area contributed by atoms with Gasteiger partial charge in [-0.2, -0.15) is 4.68 Å². The number of carbonyl (C=O) groups excluding carboxylic acids is 1. The number of hydrogen-bond acceptors (Lipinski definition) is 5. The lowest BCUT2D eigenvalue weighted by Crippen LogP contribution is -2.20. The Balaban J connectivity index is 2.11. The van der Waals surface area contributed by atoms with Gasteiger partial charge in [-0.1, -0.05) is 23.2 Å². The molecule has 2 aromatic rings. The summed E-state index contributed by atoms with van der Waals surface area (Å²) in [4.78, 5) is 25.4. The summed E-state index contributed by atoms with van der Waals surface area (Å²) >= 11 is 11.7. The van der Waals surface area contributed by atoms with E-state index in [0.717, 1.165) is 4.68 Å². The third-order valence-corrected chi connectivity index (χ3v) is 3.07. The minimum Gasteiger partial charge on any atom is -0.390 e. The van der Waals surface area contributed by atoms with E-state index in [9.17, 15) is 14.9 Å². The van der Waals surface area contributed by atoms with Gasteiger partial charge in [0.25, 0.3) is 0 Å². The number of halogens is 2. The van der Waals surface area contributed by atoms with Gasteiger partial charge in [-0.05, 0) is 28.1 Å². The first-order valence-corrected chi connectivity index (χ1v) is 6.43. The number of nitrogens with zero attached hydrogens (tertiary/aromatic N) is 4. The van der Waals surface area contributed by atoms with Gasteiger partial charge in [0.2, 0.25) is 11.7 Å². The van der Waals surface area contributed by atoms with Gasteiger partial charge in [-0.25, -0.2) is 0 Å². The molecule has 0 saturated heterocycles. The lowest BCUT2D eigenvalue weighted by atomic mass is 10.3. The molecule has 1 aromatic heterocycles. The average molecular weight is 330 g/mol. The standard InChI is InChI=1S/C11H9Cl2N5O3/c1-6-14-11(18(20)21)16-17(6)5-10(19)15-9-4-7(12)2-3-8(9)13/h2-4H,5H2,1H3,(H,15,19). The Morgan fingerprint density at radius 3 is 2.81 bits per heavy atom. The van der Waals surface area contributed by atoms with E-state index in [1.165, 1.54) is 13.0 Å². The highest BCUT2D eigenvalue weighted by Crippen LogP contribution is 2.25. The van der Waals surface area contributed by atoms with Crippen molar-refractivity contribution in [1.29, 1.82) is 0 Å². The SMILES string of the molecule is Cc1nc([N+](=O)[O-])nn1CC(=O)Nc1cc(Cl)ccc1Cl. The molecule has 1 N–H and O–H groups in total. The summed E-state index contributed by atoms with van der Waals surface area (Å²) in [6, 6.07) is 4.63. The molecular weight excluding hydrogens is 321 g/mol. The molecule has 0 aliphatic carbocycles. The summed E-state index contributed by atoms with van der Waals surface area (Å²) in [5, 5.41) is 17.5. The van der Waals surface area contributed by atoms with E-state index in [2.05, 4.69) is 15.4 Å². The zero-order valence-corrected chi connectivity index (χ0v) is 12.2. The molecule has 0 aliphatic rings. The Morgan fingerprint density at radius 2 is 2.19 bits per heavy atom. The molecule has 0 bridgehead atoms. The number of rotatable bonds is 4. The van der Waals surface area contributed by atoms with E-state index >= 15 is 0 Å². The first-order chi connectivity index (χ1) is 9.86. The van der Waals surface area contributed by atoms with Gasteiger partial charge in [-0.3, -0.25) is 4.79 Å². The molecule has 110 valence electrons. The predicted molar refractivity (Wildman–Crippen MR) is 76.5 cm³/mol. The minimum absolute atomic E-state index is 0.227. The number of nitro groups is 1. The molecule has 0 atom stereocenters. The van der Waals surface area contributed by atoms with E-state index in [1.807, 2.05) is 0 Å². The van der Waals surface area contributed by atoms with Crippen LogP contribution in [0.2, 0.25) is 10.0 Å². The molecule has 21 heavy (non-hydrogen) atoms. The number of hydrogen-bond donors (Lipinski definition) is 1. The Labute approximate surface area is 128 Å². The summed E-state index contributed by atoms with van der Waals surface area (Å²) in [5.74, 6) is -0.753. The lowest BCUT2D eigenvalue weighted by molar-refractivity contribution is -0.394. The highest BCUT2D eigenvalue weighted by atomic mass is 35.5. The maximum atomic E-state index is 11.9. The van der Waals surface area contributed by atoms with E-state index in [0.29, 0.717) is 15.7 Å². The monoisotopic (exact) mass is 329 g/mol. The van der Waals surface area contributed by atoms with Crippen molar-refractivity contribution in [1.82, 2.24) is 14.8 Å². The van der Waals surface area contributed by atoms with Crippen LogP contribution >= 0.6 is 23.2 Å². The number of benzene rings is 1. The number of nitrogens with one attached hydrogen (secondary N) is 1. The van der Waals surface area contributed by atoms with Gasteiger partial charge in [0.1, 0.15) is 6.54 Å². The second-order valence-corrected chi connectivity index (χ2v) is 4.89. The minimum atomic E-state index is -0.727. The molecule has 1 amide bonds. The molecule has 8 nitrogen and oxygen atoms in total. The summed E-state index contributed by atoms with van der Waals surface area (Å²) in [6.07, 6.45) is 0. The zero-order chi connectivity index (χ0) is 15.6. The third-order valence-electron chi connectivity index (χ3n) is 2.50. The maximum Gasteiger partial charge on any atom is 0.491 e. The quantitative estimate of drug-likeness (QED) is 0.685. The lowest BCUT2D eigenvalue weighted by Gasteiger charge is -2.06. The number of aromatic nitrogens is 3. The fraction of sp³-hybridized carbons (Fsp3) is 0.182. The normalized spacial score (nSPS) is 10.4. The van der Waals surface area contributed by atoms with Crippen LogP contribution in [0.15, 0.2) is 18.2 Å². The van der Waals surface area contributed by atoms with Crippen molar-refractivity contribution in [2.75, 3.05) is 5.32 Å². The first-order valence-electron chi connectivity index (χ1n) is 5.67. The highest BCUT2D eigenvalue weighted by molar-refractivity contribution is 6.35. The topological polar surface area (TPSA) is 103 Å². The number of amides is 1. The molecule has 0 aliphatic heterocycles. The predicted octanol–water partition coefficient (Wildman–Crippen LogP) is 2.44. The number of anilines is 1. The van der Waals surface area contributed by atoms with Crippen LogP contribution in [0.1, 0.15) is 5.82 Å². The van der Waals surface area contributed by atoms with Gasteiger partial charge >= 0.3 is 5.95 Å². The largest absolute Gasteiger partial charge is 0.491 e. The number of carbonyl (C=O) groups is 1. The van der Waals surface area contributed by atoms with E-state index in [1.54, 1.807) is 12.1 Å². The second kappa shape index (κ2) is 6.06. The molecule has 1 aromatic carbocycles. The van der Waals surface area contributed by atoms with Crippen molar-refractivity contribution in [2.45, 2.75) is 13.5 Å².